The van der Waals surface area contributed by atoms with Crippen molar-refractivity contribution in [1.82, 2.24) is 4.72 Å². The summed E-state index contributed by atoms with van der Waals surface area (Å²) in [6, 6.07) is 4.47. The predicted molar refractivity (Wildman–Crippen MR) is 72.1 cm³/mol. The van der Waals surface area contributed by atoms with Gasteiger partial charge in [-0.1, -0.05) is 12.1 Å². The summed E-state index contributed by atoms with van der Waals surface area (Å²) in [6.45, 7) is 0.136. The summed E-state index contributed by atoms with van der Waals surface area (Å²) >= 11 is 0. The molecule has 1 aromatic carbocycles. The molecule has 1 atom stereocenters. The van der Waals surface area contributed by atoms with Gasteiger partial charge in [0.25, 0.3) is 0 Å². The number of sulfonamides is 1. The van der Waals surface area contributed by atoms with Crippen LogP contribution < -0.4 is 10.5 Å². The maximum absolute atomic E-state index is 12.2. The van der Waals surface area contributed by atoms with Crippen LogP contribution in [-0.4, -0.2) is 27.2 Å². The van der Waals surface area contributed by atoms with Gasteiger partial charge >= 0.3 is 6.18 Å². The maximum Gasteiger partial charge on any atom is 0.393 e. The fourth-order valence-electron chi connectivity index (χ4n) is 2.00. The summed E-state index contributed by atoms with van der Waals surface area (Å²) < 4.78 is 63.0. The smallest absolute Gasteiger partial charge is 0.326 e. The third kappa shape index (κ3) is 4.98. The average Bonchev–Trinajstić information content (AvgIpc) is 3.19. The quantitative estimate of drug-likeness (QED) is 0.839. The van der Waals surface area contributed by atoms with Gasteiger partial charge in [-0.3, -0.25) is 0 Å². The molecule has 1 fully saturated rings. The molecule has 1 saturated carbocycles. The molecule has 0 heterocycles. The van der Waals surface area contributed by atoms with Crippen molar-refractivity contribution >= 4 is 10.0 Å². The van der Waals surface area contributed by atoms with E-state index in [0.29, 0.717) is 5.92 Å². The van der Waals surface area contributed by atoms with E-state index in [0.717, 1.165) is 12.8 Å². The number of benzene rings is 1. The van der Waals surface area contributed by atoms with E-state index >= 15 is 0 Å². The number of hydrogen-bond donors (Lipinski definition) is 2. The van der Waals surface area contributed by atoms with E-state index in [1.807, 2.05) is 0 Å². The number of halogens is 3. The van der Waals surface area contributed by atoms with Crippen molar-refractivity contribution in [3.05, 3.63) is 29.8 Å². The largest absolute Gasteiger partial charge is 0.393 e. The van der Waals surface area contributed by atoms with Crippen LogP contribution in [0.3, 0.4) is 0 Å². The molecule has 0 saturated heterocycles. The van der Waals surface area contributed by atoms with Gasteiger partial charge in [-0.05, 0) is 36.5 Å². The molecule has 1 aliphatic rings. The minimum atomic E-state index is -4.31. The molecule has 0 amide bonds. The number of hydrogen-bond acceptors (Lipinski definition) is 3. The average molecular weight is 322 g/mol. The van der Waals surface area contributed by atoms with Crippen molar-refractivity contribution in [2.24, 2.45) is 11.7 Å². The Balaban J connectivity index is 1.99. The van der Waals surface area contributed by atoms with Gasteiger partial charge in [0.05, 0.1) is 11.3 Å². The molecule has 3 N–H and O–H groups in total. The minimum absolute atomic E-state index is 0.0242. The van der Waals surface area contributed by atoms with E-state index in [1.165, 1.54) is 24.3 Å². The second-order valence-corrected chi connectivity index (χ2v) is 7.06. The Morgan fingerprint density at radius 1 is 1.24 bits per heavy atom. The molecule has 4 nitrogen and oxygen atoms in total. The highest BCUT2D eigenvalue weighted by atomic mass is 32.2. The summed E-state index contributed by atoms with van der Waals surface area (Å²) in [5, 5.41) is 0. The van der Waals surface area contributed by atoms with Crippen LogP contribution in [0, 0.1) is 5.92 Å². The minimum Gasteiger partial charge on any atom is -0.326 e. The Morgan fingerprint density at radius 2 is 1.81 bits per heavy atom. The summed E-state index contributed by atoms with van der Waals surface area (Å²) in [7, 11) is -3.73. The van der Waals surface area contributed by atoms with Gasteiger partial charge in [-0.15, -0.1) is 0 Å². The molecule has 0 aromatic heterocycles. The molecule has 0 spiro atoms. The molecule has 21 heavy (non-hydrogen) atoms. The lowest BCUT2D eigenvalue weighted by atomic mass is 10.1. The van der Waals surface area contributed by atoms with Crippen LogP contribution in [0.2, 0.25) is 0 Å². The zero-order chi connectivity index (χ0) is 15.7. The Hall–Kier alpha value is -1.12. The van der Waals surface area contributed by atoms with Crippen molar-refractivity contribution in [3.8, 4) is 0 Å². The second kappa shape index (κ2) is 5.94. The second-order valence-electron chi connectivity index (χ2n) is 5.29. The van der Waals surface area contributed by atoms with Gasteiger partial charge < -0.3 is 5.73 Å². The molecule has 1 aliphatic carbocycles. The van der Waals surface area contributed by atoms with Gasteiger partial charge in [-0.25, -0.2) is 13.1 Å². The predicted octanol–water partition coefficient (Wildman–Crippen LogP) is 1.81. The van der Waals surface area contributed by atoms with Gasteiger partial charge in [0.15, 0.2) is 0 Å². The fraction of sp³-hybridized carbons (Fsp3) is 0.538. The van der Waals surface area contributed by atoms with Crippen LogP contribution in [0.25, 0.3) is 0 Å². The van der Waals surface area contributed by atoms with E-state index < -0.39 is 22.6 Å². The van der Waals surface area contributed by atoms with Crippen LogP contribution in [0.15, 0.2) is 29.2 Å². The van der Waals surface area contributed by atoms with Gasteiger partial charge in [-0.2, -0.15) is 13.2 Å². The number of alkyl halides is 3. The van der Waals surface area contributed by atoms with Gasteiger partial charge in [0, 0.05) is 12.6 Å². The first-order valence-corrected chi connectivity index (χ1v) is 8.07. The van der Waals surface area contributed by atoms with Crippen LogP contribution in [0.4, 0.5) is 13.2 Å². The van der Waals surface area contributed by atoms with E-state index in [2.05, 4.69) is 4.72 Å². The zero-order valence-electron chi connectivity index (χ0n) is 11.2. The number of nitrogens with one attached hydrogen (secondary N) is 1. The highest BCUT2D eigenvalue weighted by molar-refractivity contribution is 7.89. The van der Waals surface area contributed by atoms with Crippen LogP contribution in [0.1, 0.15) is 18.4 Å². The highest BCUT2D eigenvalue weighted by Crippen LogP contribution is 2.31. The van der Waals surface area contributed by atoms with Crippen LogP contribution in [0.5, 0.6) is 0 Å². The summed E-state index contributed by atoms with van der Waals surface area (Å²) in [5.41, 5.74) is 5.83. The molecule has 0 aliphatic heterocycles. The van der Waals surface area contributed by atoms with Gasteiger partial charge in [0.1, 0.15) is 0 Å². The van der Waals surface area contributed by atoms with E-state index in [4.69, 9.17) is 5.73 Å². The molecule has 1 unspecified atom stereocenters. The van der Waals surface area contributed by atoms with Crippen LogP contribution in [-0.2, 0) is 16.4 Å². The summed E-state index contributed by atoms with van der Waals surface area (Å²) in [4.78, 5) is -0.0589. The Labute approximate surface area is 121 Å². The third-order valence-electron chi connectivity index (χ3n) is 3.37. The lowest BCUT2D eigenvalue weighted by Crippen LogP contribution is -2.38. The highest BCUT2D eigenvalue weighted by Gasteiger charge is 2.30. The Bertz CT molecular complexity index is 580. The molecule has 2 rings (SSSR count). The van der Waals surface area contributed by atoms with Crippen molar-refractivity contribution in [3.63, 3.8) is 0 Å². The third-order valence-corrected chi connectivity index (χ3v) is 4.81. The molecule has 0 bridgehead atoms. The number of rotatable bonds is 6. The molecular formula is C13H17F3N2O2S. The molecule has 0 radical (unpaired) electrons. The summed E-state index contributed by atoms with van der Waals surface area (Å²) in [6.07, 6.45) is -3.37. The normalized spacial score (nSPS) is 17.7. The Kier molecular flexibility index (Phi) is 4.60. The Morgan fingerprint density at radius 3 is 2.29 bits per heavy atom. The topological polar surface area (TPSA) is 72.2 Å². The monoisotopic (exact) mass is 322 g/mol. The zero-order valence-corrected chi connectivity index (χ0v) is 12.0. The maximum atomic E-state index is 12.2. The van der Waals surface area contributed by atoms with Crippen molar-refractivity contribution < 1.29 is 21.6 Å². The van der Waals surface area contributed by atoms with Crippen molar-refractivity contribution in [2.75, 3.05) is 6.54 Å². The molecule has 118 valence electrons. The number of nitrogens with two attached hydrogens (primary N) is 1. The van der Waals surface area contributed by atoms with Crippen molar-refractivity contribution in [2.45, 2.75) is 36.4 Å². The van der Waals surface area contributed by atoms with Gasteiger partial charge in [0.2, 0.25) is 10.0 Å². The molecular weight excluding hydrogens is 305 g/mol. The molecule has 1 aromatic rings. The first-order valence-electron chi connectivity index (χ1n) is 6.58. The fourth-order valence-corrected chi connectivity index (χ4v) is 3.07. The van der Waals surface area contributed by atoms with E-state index in [1.54, 1.807) is 0 Å². The van der Waals surface area contributed by atoms with E-state index in [-0.39, 0.29) is 23.0 Å². The lowest BCUT2D eigenvalue weighted by molar-refractivity contribution is -0.127. The lowest BCUT2D eigenvalue weighted by Gasteiger charge is -2.12. The standard InChI is InChI=1S/C13H17F3N2O2S/c14-13(15,16)7-9-1-5-11(6-2-9)21(19,20)18-8-12(17)10-3-4-10/h1-2,5-6,10,12,18H,3-4,7-8,17H2. The van der Waals surface area contributed by atoms with E-state index in [9.17, 15) is 21.6 Å². The summed E-state index contributed by atoms with van der Waals surface area (Å²) in [5.74, 6) is 0.363. The van der Waals surface area contributed by atoms with Crippen LogP contribution >= 0.6 is 0 Å². The SMILES string of the molecule is NC(CNS(=O)(=O)c1ccc(CC(F)(F)F)cc1)C1CC1. The molecule has 8 heteroatoms. The van der Waals surface area contributed by atoms with Crippen molar-refractivity contribution in [1.29, 1.82) is 0 Å². The first-order chi connectivity index (χ1) is 9.67. The first kappa shape index (κ1) is 16.3.